The first-order chi connectivity index (χ1) is 13.7. The molecule has 2 aromatic rings. The lowest BCUT2D eigenvalue weighted by atomic mass is 9.94. The van der Waals surface area contributed by atoms with Gasteiger partial charge in [-0.1, -0.05) is 12.2 Å². The van der Waals surface area contributed by atoms with Gasteiger partial charge in [0.2, 0.25) is 0 Å². The zero-order valence-corrected chi connectivity index (χ0v) is 16.5. The Morgan fingerprint density at radius 2 is 2.00 bits per heavy atom. The Hall–Kier alpha value is -2.39. The van der Waals surface area contributed by atoms with Crippen molar-refractivity contribution in [3.8, 4) is 17.4 Å². The van der Waals surface area contributed by atoms with E-state index in [4.69, 9.17) is 21.4 Å². The van der Waals surface area contributed by atoms with Crippen molar-refractivity contribution in [2.24, 2.45) is 0 Å². The van der Waals surface area contributed by atoms with Gasteiger partial charge in [0.1, 0.15) is 40.9 Å². The maximum Gasteiger partial charge on any atom is 0.164 e. The van der Waals surface area contributed by atoms with E-state index in [0.717, 1.165) is 0 Å². The Morgan fingerprint density at radius 3 is 2.52 bits per heavy atom. The molecule has 0 saturated carbocycles. The summed E-state index contributed by atoms with van der Waals surface area (Å²) in [5, 5.41) is 49.9. The summed E-state index contributed by atoms with van der Waals surface area (Å²) in [4.78, 5) is 12.5. The molecule has 0 aliphatic carbocycles. The molecule has 5 atom stereocenters. The fraction of sp³-hybridized carbons (Fsp3) is 0.421. The molecular formula is C19H20N2O7S. The number of carbonyl (C=O) groups excluding carboxylic acids is 1. The summed E-state index contributed by atoms with van der Waals surface area (Å²) in [6.45, 7) is 2.25. The van der Waals surface area contributed by atoms with Gasteiger partial charge in [0.05, 0.1) is 24.0 Å². The molecule has 4 N–H and O–H groups in total. The van der Waals surface area contributed by atoms with Crippen LogP contribution in [-0.2, 0) is 4.74 Å². The molecule has 3 heterocycles. The van der Waals surface area contributed by atoms with E-state index in [9.17, 15) is 30.5 Å². The van der Waals surface area contributed by atoms with Crippen molar-refractivity contribution in [3.63, 3.8) is 0 Å². The molecule has 1 saturated heterocycles. The second-order valence-corrected chi connectivity index (χ2v) is 7.14. The van der Waals surface area contributed by atoms with Gasteiger partial charge in [-0.25, -0.2) is 0 Å². The normalized spacial score (nSPS) is 26.9. The van der Waals surface area contributed by atoms with Crippen LogP contribution in [0.3, 0.4) is 0 Å². The van der Waals surface area contributed by atoms with E-state index in [1.54, 1.807) is 19.1 Å². The van der Waals surface area contributed by atoms with Crippen LogP contribution in [0.5, 0.6) is 0 Å². The highest BCUT2D eigenvalue weighted by Gasteiger charge is 2.45. The van der Waals surface area contributed by atoms with Gasteiger partial charge >= 0.3 is 0 Å². The predicted octanol–water partition coefficient (Wildman–Crippen LogP) is 0.833. The third-order valence-corrected chi connectivity index (χ3v) is 5.41. The molecule has 2 aromatic heterocycles. The average molecular weight is 420 g/mol. The lowest BCUT2D eigenvalue weighted by Crippen LogP contribution is -2.56. The van der Waals surface area contributed by atoms with Crippen LogP contribution >= 0.6 is 12.2 Å². The van der Waals surface area contributed by atoms with E-state index in [-0.39, 0.29) is 38.6 Å². The summed E-state index contributed by atoms with van der Waals surface area (Å²) in [5.41, 5.74) is 0.607. The smallest absolute Gasteiger partial charge is 0.164 e. The van der Waals surface area contributed by atoms with Crippen molar-refractivity contribution >= 4 is 18.0 Å². The Kier molecular flexibility index (Phi) is 6.00. The topological polar surface area (TPSA) is 149 Å². The molecule has 0 bridgehead atoms. The number of aromatic nitrogens is 1. The van der Waals surface area contributed by atoms with Crippen LogP contribution in [0.2, 0.25) is 0 Å². The maximum atomic E-state index is 12.5. The quantitative estimate of drug-likeness (QED) is 0.417. The summed E-state index contributed by atoms with van der Waals surface area (Å²) in [6, 6.07) is 5.18. The lowest BCUT2D eigenvalue weighted by Gasteiger charge is -2.41. The molecule has 0 unspecified atom stereocenters. The minimum Gasteiger partial charge on any atom is -0.464 e. The van der Waals surface area contributed by atoms with E-state index in [1.165, 1.54) is 17.8 Å². The van der Waals surface area contributed by atoms with Crippen LogP contribution in [0.4, 0.5) is 0 Å². The minimum absolute atomic E-state index is 0.0392. The largest absolute Gasteiger partial charge is 0.464 e. The SMILES string of the molecule is CC(=O)c1c(-c2ccco2)c(C#N)c(=S)n([C@H]2O[C@@H](CO)[C@@H](O)[C@@H](O)[C@@H]2O)c1C. The van der Waals surface area contributed by atoms with Gasteiger partial charge in [-0.3, -0.25) is 4.79 Å². The summed E-state index contributed by atoms with van der Waals surface area (Å²) in [7, 11) is 0. The van der Waals surface area contributed by atoms with Gasteiger partial charge in [0.15, 0.2) is 12.0 Å². The fourth-order valence-corrected chi connectivity index (χ4v) is 4.00. The molecule has 10 heteroatoms. The van der Waals surface area contributed by atoms with Crippen molar-refractivity contribution in [1.29, 1.82) is 5.26 Å². The third-order valence-electron chi connectivity index (χ3n) is 5.01. The van der Waals surface area contributed by atoms with Crippen molar-refractivity contribution in [2.75, 3.05) is 6.61 Å². The number of ketones is 1. The van der Waals surface area contributed by atoms with Crippen molar-refractivity contribution < 1.29 is 34.4 Å². The second kappa shape index (κ2) is 8.16. The number of hydrogen-bond donors (Lipinski definition) is 4. The molecule has 1 aliphatic rings. The lowest BCUT2D eigenvalue weighted by molar-refractivity contribution is -0.252. The van der Waals surface area contributed by atoms with Crippen molar-refractivity contribution in [1.82, 2.24) is 4.57 Å². The average Bonchev–Trinajstić information content (AvgIpc) is 3.21. The van der Waals surface area contributed by atoms with E-state index < -0.39 is 37.3 Å². The van der Waals surface area contributed by atoms with Gasteiger partial charge in [-0.15, -0.1) is 0 Å². The first-order valence-electron chi connectivity index (χ1n) is 8.79. The van der Waals surface area contributed by atoms with Gasteiger partial charge < -0.3 is 34.1 Å². The molecule has 0 aromatic carbocycles. The number of hydrogen-bond acceptors (Lipinski definition) is 9. The molecular weight excluding hydrogens is 400 g/mol. The number of carbonyl (C=O) groups is 1. The number of furan rings is 1. The number of pyridine rings is 1. The van der Waals surface area contributed by atoms with Crippen LogP contribution in [-0.4, -0.2) is 61.8 Å². The molecule has 1 aliphatic heterocycles. The number of Topliss-reactive ketones (excluding diaryl/α,β-unsaturated/α-hetero) is 1. The molecule has 29 heavy (non-hydrogen) atoms. The van der Waals surface area contributed by atoms with Crippen LogP contribution in [0.25, 0.3) is 11.3 Å². The highest BCUT2D eigenvalue weighted by Crippen LogP contribution is 2.36. The van der Waals surface area contributed by atoms with Gasteiger partial charge in [-0.2, -0.15) is 5.26 Å². The molecule has 0 spiro atoms. The van der Waals surface area contributed by atoms with Crippen LogP contribution < -0.4 is 0 Å². The number of ether oxygens (including phenoxy) is 1. The summed E-state index contributed by atoms with van der Waals surface area (Å²) in [6.07, 6.45) is -5.92. The zero-order chi connectivity index (χ0) is 21.5. The second-order valence-electron chi connectivity index (χ2n) is 6.75. The van der Waals surface area contributed by atoms with Gasteiger partial charge in [0.25, 0.3) is 0 Å². The van der Waals surface area contributed by atoms with Gasteiger partial charge in [-0.05, 0) is 26.0 Å². The van der Waals surface area contributed by atoms with Crippen molar-refractivity contribution in [2.45, 2.75) is 44.5 Å². The summed E-state index contributed by atoms with van der Waals surface area (Å²) in [5.74, 6) is -0.0966. The van der Waals surface area contributed by atoms with Crippen molar-refractivity contribution in [3.05, 3.63) is 39.9 Å². The maximum absolute atomic E-state index is 12.5. The number of rotatable bonds is 4. The molecule has 9 nitrogen and oxygen atoms in total. The standard InChI is InChI=1S/C19H20N2O7S/c1-8-13(9(2)23)14(11-4-3-5-27-11)10(6-20)19(29)21(8)18-17(26)16(25)15(24)12(7-22)28-18/h3-5,12,15-18,22,24-26H,7H2,1-2H3/t12-,15+,16+,17-,18-/m0/s1. The third kappa shape index (κ3) is 3.42. The fourth-order valence-electron chi connectivity index (χ4n) is 3.61. The Labute approximate surface area is 171 Å². The molecule has 0 radical (unpaired) electrons. The number of nitrogens with zero attached hydrogens (tertiary/aromatic N) is 2. The first kappa shape index (κ1) is 21.3. The van der Waals surface area contributed by atoms with E-state index in [0.29, 0.717) is 0 Å². The Bertz CT molecular complexity index is 1020. The highest BCUT2D eigenvalue weighted by molar-refractivity contribution is 7.71. The predicted molar refractivity (Wildman–Crippen MR) is 101 cm³/mol. The van der Waals surface area contributed by atoms with Gasteiger partial charge in [0, 0.05) is 11.3 Å². The minimum atomic E-state index is -1.64. The molecule has 3 rings (SSSR count). The summed E-state index contributed by atoms with van der Waals surface area (Å²) < 4.78 is 12.2. The number of aliphatic hydroxyl groups is 4. The molecule has 154 valence electrons. The number of nitriles is 1. The molecule has 1 fully saturated rings. The Morgan fingerprint density at radius 1 is 1.31 bits per heavy atom. The zero-order valence-electron chi connectivity index (χ0n) is 15.6. The van der Waals surface area contributed by atoms with Crippen LogP contribution in [0.1, 0.15) is 34.8 Å². The van der Waals surface area contributed by atoms with Crippen LogP contribution in [0.15, 0.2) is 22.8 Å². The first-order valence-corrected chi connectivity index (χ1v) is 9.19. The van der Waals surface area contributed by atoms with Crippen LogP contribution in [0, 0.1) is 22.9 Å². The highest BCUT2D eigenvalue weighted by atomic mass is 32.1. The van der Waals surface area contributed by atoms with E-state index >= 15 is 0 Å². The van der Waals surface area contributed by atoms with E-state index in [2.05, 4.69) is 0 Å². The molecule has 0 amide bonds. The monoisotopic (exact) mass is 420 g/mol. The summed E-state index contributed by atoms with van der Waals surface area (Å²) >= 11 is 5.45. The number of aliphatic hydroxyl groups excluding tert-OH is 4. The van der Waals surface area contributed by atoms with E-state index in [1.807, 2.05) is 6.07 Å². The Balaban J connectivity index is 2.32.